The summed E-state index contributed by atoms with van der Waals surface area (Å²) in [6, 6.07) is 8.07. The van der Waals surface area contributed by atoms with Crippen LogP contribution in [-0.2, 0) is 11.3 Å². The fourth-order valence-electron chi connectivity index (χ4n) is 2.20. The van der Waals surface area contributed by atoms with Crippen LogP contribution in [0.3, 0.4) is 0 Å². The van der Waals surface area contributed by atoms with Crippen molar-refractivity contribution < 1.29 is 9.47 Å². The molecular formula is C18H32IN3O2. The van der Waals surface area contributed by atoms with E-state index >= 15 is 0 Å². The lowest BCUT2D eigenvalue weighted by molar-refractivity contribution is 0.0782. The van der Waals surface area contributed by atoms with Gasteiger partial charge in [-0.1, -0.05) is 18.2 Å². The summed E-state index contributed by atoms with van der Waals surface area (Å²) >= 11 is 0. The van der Waals surface area contributed by atoms with Crippen LogP contribution in [0.2, 0.25) is 0 Å². The number of ether oxygens (including phenoxy) is 2. The first kappa shape index (κ1) is 23.0. The molecule has 0 bridgehead atoms. The van der Waals surface area contributed by atoms with Crippen LogP contribution >= 0.6 is 24.0 Å². The van der Waals surface area contributed by atoms with Crippen molar-refractivity contribution in [2.24, 2.45) is 4.99 Å². The van der Waals surface area contributed by atoms with Crippen LogP contribution in [0.25, 0.3) is 0 Å². The second-order valence-corrected chi connectivity index (χ2v) is 5.68. The molecule has 0 saturated heterocycles. The summed E-state index contributed by atoms with van der Waals surface area (Å²) in [5.74, 6) is 1.81. The van der Waals surface area contributed by atoms with E-state index in [0.717, 1.165) is 49.9 Å². The predicted octanol–water partition coefficient (Wildman–Crippen LogP) is 3.53. The largest absolute Gasteiger partial charge is 0.496 e. The quantitative estimate of drug-likeness (QED) is 0.271. The molecule has 0 aliphatic heterocycles. The highest BCUT2D eigenvalue weighted by Crippen LogP contribution is 2.18. The van der Waals surface area contributed by atoms with E-state index in [0.29, 0.717) is 0 Å². The van der Waals surface area contributed by atoms with Crippen molar-refractivity contribution in [3.05, 3.63) is 29.8 Å². The van der Waals surface area contributed by atoms with Crippen molar-refractivity contribution in [2.75, 3.05) is 33.9 Å². The van der Waals surface area contributed by atoms with Gasteiger partial charge in [0.05, 0.1) is 13.2 Å². The summed E-state index contributed by atoms with van der Waals surface area (Å²) in [6.45, 7) is 9.27. The van der Waals surface area contributed by atoms with Crippen LogP contribution in [0.4, 0.5) is 0 Å². The van der Waals surface area contributed by atoms with Crippen LogP contribution < -0.4 is 10.1 Å². The SMILES string of the molecule is CCNC(=NCCCOC(C)C)N(C)Cc1ccccc1OC.I. The van der Waals surface area contributed by atoms with Crippen LogP contribution in [-0.4, -0.2) is 50.8 Å². The van der Waals surface area contributed by atoms with Gasteiger partial charge < -0.3 is 19.7 Å². The van der Waals surface area contributed by atoms with E-state index in [-0.39, 0.29) is 30.1 Å². The first-order valence-corrected chi connectivity index (χ1v) is 8.31. The molecule has 1 aromatic rings. The van der Waals surface area contributed by atoms with E-state index in [4.69, 9.17) is 9.47 Å². The summed E-state index contributed by atoms with van der Waals surface area (Å²) in [5, 5.41) is 3.33. The maximum atomic E-state index is 5.55. The van der Waals surface area contributed by atoms with Gasteiger partial charge in [-0.3, -0.25) is 4.99 Å². The van der Waals surface area contributed by atoms with E-state index in [9.17, 15) is 0 Å². The number of guanidine groups is 1. The maximum Gasteiger partial charge on any atom is 0.193 e. The van der Waals surface area contributed by atoms with Crippen LogP contribution in [0, 0.1) is 0 Å². The Kier molecular flexibility index (Phi) is 12.7. The Bertz CT molecular complexity index is 481. The molecule has 6 heteroatoms. The lowest BCUT2D eigenvalue weighted by Gasteiger charge is -2.23. The zero-order chi connectivity index (χ0) is 17.1. The second-order valence-electron chi connectivity index (χ2n) is 5.68. The lowest BCUT2D eigenvalue weighted by Crippen LogP contribution is -2.38. The molecule has 0 saturated carbocycles. The van der Waals surface area contributed by atoms with Crippen LogP contribution in [0.15, 0.2) is 29.3 Å². The Hall–Kier alpha value is -1.02. The Morgan fingerprint density at radius 2 is 2.00 bits per heavy atom. The average Bonchev–Trinajstić information content (AvgIpc) is 2.53. The van der Waals surface area contributed by atoms with Gasteiger partial charge in [-0.2, -0.15) is 0 Å². The van der Waals surface area contributed by atoms with Crippen molar-refractivity contribution in [3.63, 3.8) is 0 Å². The number of methoxy groups -OCH3 is 1. The first-order valence-electron chi connectivity index (χ1n) is 8.31. The molecule has 0 radical (unpaired) electrons. The average molecular weight is 449 g/mol. The van der Waals surface area contributed by atoms with E-state index in [1.165, 1.54) is 0 Å². The number of rotatable bonds is 9. The van der Waals surface area contributed by atoms with E-state index in [1.54, 1.807) is 7.11 Å². The van der Waals surface area contributed by atoms with E-state index < -0.39 is 0 Å². The Morgan fingerprint density at radius 3 is 2.62 bits per heavy atom. The Balaban J connectivity index is 0.00000529. The lowest BCUT2D eigenvalue weighted by atomic mass is 10.2. The first-order chi connectivity index (χ1) is 11.1. The highest BCUT2D eigenvalue weighted by atomic mass is 127. The van der Waals surface area contributed by atoms with Gasteiger partial charge in [-0.25, -0.2) is 0 Å². The van der Waals surface area contributed by atoms with Gasteiger partial charge in [0.25, 0.3) is 0 Å². The van der Waals surface area contributed by atoms with Crippen LogP contribution in [0.1, 0.15) is 32.8 Å². The Labute approximate surface area is 163 Å². The van der Waals surface area contributed by atoms with Gasteiger partial charge in [-0.05, 0) is 33.3 Å². The number of hydrogen-bond donors (Lipinski definition) is 1. The molecular weight excluding hydrogens is 417 g/mol. The Morgan fingerprint density at radius 1 is 1.29 bits per heavy atom. The molecule has 1 aromatic carbocycles. The van der Waals surface area contributed by atoms with E-state index in [2.05, 4.69) is 28.2 Å². The minimum Gasteiger partial charge on any atom is -0.496 e. The van der Waals surface area contributed by atoms with Gasteiger partial charge in [0, 0.05) is 38.9 Å². The molecule has 0 aromatic heterocycles. The van der Waals surface area contributed by atoms with Gasteiger partial charge in [0.15, 0.2) is 5.96 Å². The molecule has 0 aliphatic carbocycles. The molecule has 0 unspecified atom stereocenters. The number of hydrogen-bond acceptors (Lipinski definition) is 3. The highest BCUT2D eigenvalue weighted by Gasteiger charge is 2.09. The minimum absolute atomic E-state index is 0. The molecule has 0 heterocycles. The smallest absolute Gasteiger partial charge is 0.193 e. The summed E-state index contributed by atoms with van der Waals surface area (Å²) in [4.78, 5) is 6.79. The van der Waals surface area contributed by atoms with Gasteiger partial charge in [0.2, 0.25) is 0 Å². The van der Waals surface area contributed by atoms with Crippen LogP contribution in [0.5, 0.6) is 5.75 Å². The summed E-state index contributed by atoms with van der Waals surface area (Å²) < 4.78 is 11.0. The molecule has 0 amide bonds. The van der Waals surface area contributed by atoms with Gasteiger partial charge in [-0.15, -0.1) is 24.0 Å². The van der Waals surface area contributed by atoms with Gasteiger partial charge >= 0.3 is 0 Å². The van der Waals surface area contributed by atoms with Crippen molar-refractivity contribution in [2.45, 2.75) is 39.8 Å². The molecule has 0 fully saturated rings. The fraction of sp³-hybridized carbons (Fsp3) is 0.611. The summed E-state index contributed by atoms with van der Waals surface area (Å²) in [5.41, 5.74) is 1.14. The third-order valence-electron chi connectivity index (χ3n) is 3.31. The number of nitrogens with one attached hydrogen (secondary N) is 1. The maximum absolute atomic E-state index is 5.55. The zero-order valence-corrected chi connectivity index (χ0v) is 17.9. The number of nitrogens with zero attached hydrogens (tertiary/aromatic N) is 2. The highest BCUT2D eigenvalue weighted by molar-refractivity contribution is 14.0. The fourth-order valence-corrected chi connectivity index (χ4v) is 2.20. The minimum atomic E-state index is 0. The number of para-hydroxylation sites is 1. The van der Waals surface area contributed by atoms with Crippen molar-refractivity contribution >= 4 is 29.9 Å². The molecule has 24 heavy (non-hydrogen) atoms. The third-order valence-corrected chi connectivity index (χ3v) is 3.31. The molecule has 0 aliphatic rings. The number of halogens is 1. The molecule has 0 spiro atoms. The molecule has 1 rings (SSSR count). The topological polar surface area (TPSA) is 46.1 Å². The van der Waals surface area contributed by atoms with Crippen molar-refractivity contribution in [1.29, 1.82) is 0 Å². The standard InChI is InChI=1S/C18H31N3O2.HI/c1-6-19-18(20-12-9-13-23-15(2)3)21(4)14-16-10-7-8-11-17(16)22-5;/h7-8,10-11,15H,6,9,12-14H2,1-5H3,(H,19,20);1H. The monoisotopic (exact) mass is 449 g/mol. The third kappa shape index (κ3) is 8.73. The van der Waals surface area contributed by atoms with Crippen molar-refractivity contribution in [3.8, 4) is 5.75 Å². The van der Waals surface area contributed by atoms with Gasteiger partial charge in [0.1, 0.15) is 5.75 Å². The second kappa shape index (κ2) is 13.3. The zero-order valence-electron chi connectivity index (χ0n) is 15.5. The van der Waals surface area contributed by atoms with Crippen molar-refractivity contribution in [1.82, 2.24) is 10.2 Å². The molecule has 5 nitrogen and oxygen atoms in total. The number of benzene rings is 1. The van der Waals surface area contributed by atoms with E-state index in [1.807, 2.05) is 39.1 Å². The summed E-state index contributed by atoms with van der Waals surface area (Å²) in [6.07, 6.45) is 1.20. The normalized spacial score (nSPS) is 11.2. The molecule has 0 atom stereocenters. The number of aliphatic imine (C=N–C) groups is 1. The predicted molar refractivity (Wildman–Crippen MR) is 112 cm³/mol. The summed E-state index contributed by atoms with van der Waals surface area (Å²) in [7, 11) is 3.74. The molecule has 1 N–H and O–H groups in total. The molecule has 138 valence electrons.